The summed E-state index contributed by atoms with van der Waals surface area (Å²) >= 11 is 0. The molecule has 62 heavy (non-hydrogen) atoms. The van der Waals surface area contributed by atoms with E-state index in [-0.39, 0.29) is 0 Å². The highest BCUT2D eigenvalue weighted by molar-refractivity contribution is 6.12. The second-order valence-corrected chi connectivity index (χ2v) is 15.2. The van der Waals surface area contributed by atoms with Crippen LogP contribution >= 0.6 is 0 Å². The predicted octanol–water partition coefficient (Wildman–Crippen LogP) is 13.0. The molecule has 0 radical (unpaired) electrons. The van der Waals surface area contributed by atoms with Crippen molar-refractivity contribution in [3.63, 3.8) is 0 Å². The number of aromatic nitrogens is 4. The van der Waals surface area contributed by atoms with E-state index in [4.69, 9.17) is 9.97 Å². The maximum Gasteiger partial charge on any atom is 0.160 e. The Morgan fingerprint density at radius 1 is 0.355 bits per heavy atom. The molecule has 0 fully saturated rings. The molecule has 286 valence electrons. The number of hydrogen-bond donors (Lipinski definition) is 0. The van der Waals surface area contributed by atoms with E-state index in [9.17, 15) is 15.8 Å². The lowest BCUT2D eigenvalue weighted by molar-refractivity contribution is 1.16. The summed E-state index contributed by atoms with van der Waals surface area (Å²) in [4.78, 5) is 9.89. The summed E-state index contributed by atoms with van der Waals surface area (Å²) in [6, 6.07) is 69.8. The highest BCUT2D eigenvalue weighted by Gasteiger charge is 2.19. The minimum atomic E-state index is 0.528. The van der Waals surface area contributed by atoms with Crippen LogP contribution in [0, 0.1) is 34.0 Å². The van der Waals surface area contributed by atoms with Gasteiger partial charge in [0.15, 0.2) is 5.82 Å². The van der Waals surface area contributed by atoms with Crippen LogP contribution in [0.5, 0.6) is 0 Å². The molecule has 0 aliphatic carbocycles. The summed E-state index contributed by atoms with van der Waals surface area (Å²) < 4.78 is 4.50. The quantitative estimate of drug-likeness (QED) is 0.167. The van der Waals surface area contributed by atoms with Gasteiger partial charge in [-0.1, -0.05) is 103 Å². The highest BCUT2D eigenvalue weighted by atomic mass is 15.0. The Hall–Kier alpha value is -9.09. The van der Waals surface area contributed by atoms with E-state index in [1.54, 1.807) is 0 Å². The van der Waals surface area contributed by atoms with Gasteiger partial charge in [0, 0.05) is 49.6 Å². The van der Waals surface area contributed by atoms with Gasteiger partial charge in [0.05, 0.1) is 68.4 Å². The molecule has 7 heteroatoms. The van der Waals surface area contributed by atoms with Crippen LogP contribution in [0.2, 0.25) is 0 Å². The SMILES string of the molecule is N#Cc1ccc2c(c1)c1cc(C#N)ccc1n2-c1ccc2c(c1)c1ccccc1n2-c1ccc(-c2ccc(-c3cc(-c4ccccc4)nc(-c4ccccc4)n3)c(C#N)c2)cc1. The van der Waals surface area contributed by atoms with Crippen molar-refractivity contribution >= 4 is 43.6 Å². The first kappa shape index (κ1) is 36.0. The molecule has 0 aliphatic rings. The molecule has 7 nitrogen and oxygen atoms in total. The van der Waals surface area contributed by atoms with Gasteiger partial charge in [-0.15, -0.1) is 0 Å². The Morgan fingerprint density at radius 3 is 1.55 bits per heavy atom. The summed E-state index contributed by atoms with van der Waals surface area (Å²) in [5, 5.41) is 34.0. The highest BCUT2D eigenvalue weighted by Crippen LogP contribution is 2.38. The summed E-state index contributed by atoms with van der Waals surface area (Å²) in [6.07, 6.45) is 0. The van der Waals surface area contributed by atoms with Gasteiger partial charge in [0.2, 0.25) is 0 Å². The van der Waals surface area contributed by atoms with Gasteiger partial charge in [0.25, 0.3) is 0 Å². The van der Waals surface area contributed by atoms with Gasteiger partial charge in [-0.3, -0.25) is 0 Å². The summed E-state index contributed by atoms with van der Waals surface area (Å²) in [5.41, 5.74) is 13.8. The number of fused-ring (bicyclic) bond motifs is 6. The van der Waals surface area contributed by atoms with Crippen LogP contribution in [0.4, 0.5) is 0 Å². The minimum Gasteiger partial charge on any atom is -0.309 e. The van der Waals surface area contributed by atoms with Crippen LogP contribution in [-0.4, -0.2) is 19.1 Å². The molecule has 3 aromatic heterocycles. The third-order valence-electron chi connectivity index (χ3n) is 11.6. The Balaban J connectivity index is 0.982. The average Bonchev–Trinajstić information content (AvgIpc) is 3.85. The standard InChI is InChI=1S/C55H31N7/c56-32-35-15-24-52-46(27-35)47-28-36(33-57)16-25-53(47)62(52)43-22-26-54-48(30-43)45-13-7-8-14-51(45)61(54)42-20-17-37(18-21-42)40-19-23-44(41(29-40)34-58)50-31-49(38-9-3-1-4-10-38)59-55(60-50)39-11-5-2-6-12-39/h1-31H. The molecule has 0 spiro atoms. The molecule has 0 N–H and O–H groups in total. The lowest BCUT2D eigenvalue weighted by Crippen LogP contribution is -1.97. The molecule has 3 heterocycles. The first-order valence-corrected chi connectivity index (χ1v) is 20.2. The number of benzene rings is 8. The zero-order valence-corrected chi connectivity index (χ0v) is 33.0. The van der Waals surface area contributed by atoms with Crippen molar-refractivity contribution in [3.8, 4) is 74.6 Å². The normalized spacial score (nSPS) is 11.2. The van der Waals surface area contributed by atoms with Crippen molar-refractivity contribution in [1.29, 1.82) is 15.8 Å². The van der Waals surface area contributed by atoms with E-state index in [0.29, 0.717) is 28.2 Å². The van der Waals surface area contributed by atoms with Gasteiger partial charge >= 0.3 is 0 Å². The maximum atomic E-state index is 10.5. The van der Waals surface area contributed by atoms with Crippen LogP contribution in [-0.2, 0) is 0 Å². The number of hydrogen-bond acceptors (Lipinski definition) is 5. The van der Waals surface area contributed by atoms with Crippen LogP contribution in [0.25, 0.3) is 100 Å². The fraction of sp³-hybridized carbons (Fsp3) is 0. The second kappa shape index (κ2) is 14.6. The van der Waals surface area contributed by atoms with Crippen molar-refractivity contribution < 1.29 is 0 Å². The van der Waals surface area contributed by atoms with Crippen molar-refractivity contribution in [3.05, 3.63) is 205 Å². The van der Waals surface area contributed by atoms with Gasteiger partial charge in [-0.05, 0) is 96.1 Å². The molecule has 0 bridgehead atoms. The third-order valence-corrected chi connectivity index (χ3v) is 11.6. The van der Waals surface area contributed by atoms with E-state index in [1.165, 1.54) is 0 Å². The molecule has 11 rings (SSSR count). The van der Waals surface area contributed by atoms with E-state index >= 15 is 0 Å². The largest absolute Gasteiger partial charge is 0.309 e. The van der Waals surface area contributed by atoms with E-state index in [0.717, 1.165) is 88.5 Å². The Morgan fingerprint density at radius 2 is 0.887 bits per heavy atom. The molecule has 0 atom stereocenters. The lowest BCUT2D eigenvalue weighted by atomic mass is 9.97. The molecule has 11 aromatic rings. The van der Waals surface area contributed by atoms with Crippen LogP contribution in [0.1, 0.15) is 16.7 Å². The predicted molar refractivity (Wildman–Crippen MR) is 247 cm³/mol. The second-order valence-electron chi connectivity index (χ2n) is 15.2. The maximum absolute atomic E-state index is 10.5. The first-order valence-electron chi connectivity index (χ1n) is 20.2. The molecule has 0 saturated carbocycles. The molecular formula is C55H31N7. The topological polar surface area (TPSA) is 107 Å². The summed E-state index contributed by atoms with van der Waals surface area (Å²) in [7, 11) is 0. The van der Waals surface area contributed by atoms with Crippen molar-refractivity contribution in [2.45, 2.75) is 0 Å². The smallest absolute Gasteiger partial charge is 0.160 e. The molecule has 0 aliphatic heterocycles. The monoisotopic (exact) mass is 789 g/mol. The Bertz CT molecular complexity index is 3580. The van der Waals surface area contributed by atoms with Gasteiger partial charge in [-0.2, -0.15) is 15.8 Å². The van der Waals surface area contributed by atoms with E-state index < -0.39 is 0 Å². The number of nitrogens with zero attached hydrogens (tertiary/aromatic N) is 7. The van der Waals surface area contributed by atoms with Crippen LogP contribution in [0.15, 0.2) is 188 Å². The molecule has 8 aromatic carbocycles. The minimum absolute atomic E-state index is 0.528. The van der Waals surface area contributed by atoms with Gasteiger partial charge < -0.3 is 9.13 Å². The third kappa shape index (κ3) is 5.96. The first-order chi connectivity index (χ1) is 30.6. The lowest BCUT2D eigenvalue weighted by Gasteiger charge is -2.12. The molecular weight excluding hydrogens is 759 g/mol. The number of nitriles is 3. The fourth-order valence-corrected chi connectivity index (χ4v) is 8.72. The van der Waals surface area contributed by atoms with Gasteiger partial charge in [0.1, 0.15) is 0 Å². The zero-order valence-electron chi connectivity index (χ0n) is 33.0. The van der Waals surface area contributed by atoms with E-state index in [1.807, 2.05) is 115 Å². The number of para-hydroxylation sites is 1. The Labute approximate surface area is 356 Å². The zero-order chi connectivity index (χ0) is 41.7. The van der Waals surface area contributed by atoms with Crippen LogP contribution < -0.4 is 0 Å². The Kier molecular flexibility index (Phi) is 8.50. The molecule has 0 unspecified atom stereocenters. The van der Waals surface area contributed by atoms with Crippen molar-refractivity contribution in [1.82, 2.24) is 19.1 Å². The fourth-order valence-electron chi connectivity index (χ4n) is 8.72. The average molecular weight is 790 g/mol. The van der Waals surface area contributed by atoms with E-state index in [2.05, 4.69) is 100 Å². The number of rotatable bonds is 6. The van der Waals surface area contributed by atoms with Crippen molar-refractivity contribution in [2.24, 2.45) is 0 Å². The van der Waals surface area contributed by atoms with Crippen molar-refractivity contribution in [2.75, 3.05) is 0 Å². The molecule has 0 amide bonds. The van der Waals surface area contributed by atoms with Gasteiger partial charge in [-0.25, -0.2) is 9.97 Å². The molecule has 0 saturated heterocycles. The summed E-state index contributed by atoms with van der Waals surface area (Å²) in [6.45, 7) is 0. The summed E-state index contributed by atoms with van der Waals surface area (Å²) in [5.74, 6) is 0.601. The van der Waals surface area contributed by atoms with Crippen LogP contribution in [0.3, 0.4) is 0 Å².